The van der Waals surface area contributed by atoms with Crippen LogP contribution >= 0.6 is 0 Å². The minimum Gasteiger partial charge on any atom is -0.454 e. The van der Waals surface area contributed by atoms with Crippen LogP contribution in [-0.2, 0) is 20.8 Å². The van der Waals surface area contributed by atoms with Gasteiger partial charge in [0, 0.05) is 48.3 Å². The number of benzene rings is 1. The van der Waals surface area contributed by atoms with E-state index in [-0.39, 0.29) is 24.2 Å². The lowest BCUT2D eigenvalue weighted by atomic mass is 10.1. The summed E-state index contributed by atoms with van der Waals surface area (Å²) in [5.41, 5.74) is 2.74. The van der Waals surface area contributed by atoms with Crippen LogP contribution in [0.25, 0.3) is 6.08 Å². The zero-order chi connectivity index (χ0) is 21.7. The van der Waals surface area contributed by atoms with Crippen molar-refractivity contribution in [2.45, 2.75) is 39.3 Å². The largest absolute Gasteiger partial charge is 0.454 e. The van der Waals surface area contributed by atoms with Crippen LogP contribution in [0.1, 0.15) is 40.2 Å². The Morgan fingerprint density at radius 2 is 2.13 bits per heavy atom. The molecular weight excluding hydrogens is 388 g/mol. The highest BCUT2D eigenvalue weighted by atomic mass is 16.6. The van der Waals surface area contributed by atoms with Crippen LogP contribution in [0.3, 0.4) is 0 Å². The second kappa shape index (κ2) is 9.49. The van der Waals surface area contributed by atoms with Gasteiger partial charge in [0.25, 0.3) is 5.69 Å². The van der Waals surface area contributed by atoms with Gasteiger partial charge >= 0.3 is 5.97 Å². The lowest BCUT2D eigenvalue weighted by molar-refractivity contribution is -0.384. The molecule has 0 bridgehead atoms. The van der Waals surface area contributed by atoms with E-state index >= 15 is 0 Å². The van der Waals surface area contributed by atoms with Crippen molar-refractivity contribution in [1.29, 1.82) is 0 Å². The third kappa shape index (κ3) is 5.21. The molecule has 158 valence electrons. The first-order valence-electron chi connectivity index (χ1n) is 9.76. The normalized spacial score (nSPS) is 16.1. The predicted molar refractivity (Wildman–Crippen MR) is 110 cm³/mol. The van der Waals surface area contributed by atoms with Gasteiger partial charge < -0.3 is 14.0 Å². The van der Waals surface area contributed by atoms with E-state index in [4.69, 9.17) is 9.47 Å². The van der Waals surface area contributed by atoms with Crippen molar-refractivity contribution in [3.8, 4) is 0 Å². The van der Waals surface area contributed by atoms with Crippen molar-refractivity contribution in [2.75, 3.05) is 13.2 Å². The van der Waals surface area contributed by atoms with Gasteiger partial charge in [0.15, 0.2) is 6.61 Å². The fourth-order valence-corrected chi connectivity index (χ4v) is 3.53. The monoisotopic (exact) mass is 412 g/mol. The minimum atomic E-state index is -0.692. The summed E-state index contributed by atoms with van der Waals surface area (Å²) < 4.78 is 12.8. The van der Waals surface area contributed by atoms with Crippen LogP contribution in [0.15, 0.2) is 36.4 Å². The third-order valence-electron chi connectivity index (χ3n) is 5.12. The van der Waals surface area contributed by atoms with E-state index in [1.807, 2.05) is 13.8 Å². The van der Waals surface area contributed by atoms with Gasteiger partial charge in [-0.3, -0.25) is 14.9 Å². The van der Waals surface area contributed by atoms with Gasteiger partial charge in [0.1, 0.15) is 0 Å². The molecule has 0 spiro atoms. The zero-order valence-corrected chi connectivity index (χ0v) is 17.0. The molecule has 0 saturated carbocycles. The molecule has 1 aromatic carbocycles. The molecule has 30 heavy (non-hydrogen) atoms. The summed E-state index contributed by atoms with van der Waals surface area (Å²) in [7, 11) is 0. The number of aromatic nitrogens is 1. The standard InChI is InChI=1S/C22H24N2O6/c1-15-11-20(16(2)23(15)13-19-7-4-10-29-19)21(25)14-30-22(26)9-8-17-5-3-6-18(12-17)24(27)28/h3,5-6,8-9,11-12,19H,4,7,10,13-14H2,1-2H3. The van der Waals surface area contributed by atoms with Crippen LogP contribution in [-0.4, -0.2) is 40.6 Å². The molecule has 8 heteroatoms. The van der Waals surface area contributed by atoms with Crippen LogP contribution in [0.4, 0.5) is 5.69 Å². The SMILES string of the molecule is Cc1cc(C(=O)COC(=O)C=Cc2cccc([N+](=O)[O-])c2)c(C)n1CC1CCCO1. The highest BCUT2D eigenvalue weighted by Crippen LogP contribution is 2.21. The number of esters is 1. The van der Waals surface area contributed by atoms with E-state index in [0.29, 0.717) is 17.7 Å². The maximum absolute atomic E-state index is 12.5. The number of nitrogens with zero attached hydrogens (tertiary/aromatic N) is 2. The molecule has 3 rings (SSSR count). The molecule has 0 radical (unpaired) electrons. The number of nitro groups is 1. The highest BCUT2D eigenvalue weighted by molar-refractivity contribution is 6.00. The summed E-state index contributed by atoms with van der Waals surface area (Å²) in [5, 5.41) is 10.8. The topological polar surface area (TPSA) is 101 Å². The number of ether oxygens (including phenoxy) is 2. The number of rotatable bonds is 8. The van der Waals surface area contributed by atoms with Gasteiger partial charge in [-0.15, -0.1) is 0 Å². The van der Waals surface area contributed by atoms with Crippen molar-refractivity contribution in [2.24, 2.45) is 0 Å². The van der Waals surface area contributed by atoms with E-state index < -0.39 is 10.9 Å². The van der Waals surface area contributed by atoms with Gasteiger partial charge in [0.2, 0.25) is 5.78 Å². The summed E-state index contributed by atoms with van der Waals surface area (Å²) in [4.78, 5) is 34.8. The van der Waals surface area contributed by atoms with E-state index in [9.17, 15) is 19.7 Å². The Kier molecular flexibility index (Phi) is 6.79. The molecule has 1 atom stereocenters. The predicted octanol–water partition coefficient (Wildman–Crippen LogP) is 3.63. The fourth-order valence-electron chi connectivity index (χ4n) is 3.53. The molecule has 1 aliphatic heterocycles. The summed E-state index contributed by atoms with van der Waals surface area (Å²) in [5.74, 6) is -0.971. The summed E-state index contributed by atoms with van der Waals surface area (Å²) in [6.07, 6.45) is 4.78. The zero-order valence-electron chi connectivity index (χ0n) is 17.0. The highest BCUT2D eigenvalue weighted by Gasteiger charge is 2.21. The maximum Gasteiger partial charge on any atom is 0.331 e. The molecule has 0 amide bonds. The van der Waals surface area contributed by atoms with E-state index in [1.54, 1.807) is 12.1 Å². The van der Waals surface area contributed by atoms with Gasteiger partial charge in [0.05, 0.1) is 11.0 Å². The van der Waals surface area contributed by atoms with Gasteiger partial charge in [-0.25, -0.2) is 4.79 Å². The Morgan fingerprint density at radius 1 is 1.33 bits per heavy atom. The maximum atomic E-state index is 12.5. The number of hydrogen-bond acceptors (Lipinski definition) is 6. The van der Waals surface area contributed by atoms with Crippen molar-refractivity contribution in [3.63, 3.8) is 0 Å². The molecule has 8 nitrogen and oxygen atoms in total. The Morgan fingerprint density at radius 3 is 2.83 bits per heavy atom. The number of non-ortho nitro benzene ring substituents is 1. The van der Waals surface area contributed by atoms with E-state index in [1.165, 1.54) is 24.3 Å². The first-order chi connectivity index (χ1) is 14.3. The summed E-state index contributed by atoms with van der Waals surface area (Å²) >= 11 is 0. The van der Waals surface area contributed by atoms with Crippen molar-refractivity contribution in [1.82, 2.24) is 4.57 Å². The third-order valence-corrected chi connectivity index (χ3v) is 5.12. The number of aryl methyl sites for hydroxylation is 1. The number of hydrogen-bond donors (Lipinski definition) is 0. The van der Waals surface area contributed by atoms with Gasteiger partial charge in [-0.05, 0) is 44.4 Å². The molecule has 1 aliphatic rings. The molecule has 1 aromatic heterocycles. The Labute approximate surface area is 174 Å². The lowest BCUT2D eigenvalue weighted by Gasteiger charge is -2.14. The quantitative estimate of drug-likeness (QED) is 0.216. The number of carbonyl (C=O) groups is 2. The van der Waals surface area contributed by atoms with Crippen LogP contribution in [0.2, 0.25) is 0 Å². The molecule has 0 aliphatic carbocycles. The van der Waals surface area contributed by atoms with Crippen molar-refractivity contribution < 1.29 is 24.0 Å². The smallest absolute Gasteiger partial charge is 0.331 e. The lowest BCUT2D eigenvalue weighted by Crippen LogP contribution is -2.18. The molecule has 1 unspecified atom stereocenters. The Bertz CT molecular complexity index is 986. The van der Waals surface area contributed by atoms with Crippen molar-refractivity contribution >= 4 is 23.5 Å². The Hall–Kier alpha value is -3.26. The molecule has 0 N–H and O–H groups in total. The van der Waals surface area contributed by atoms with Gasteiger partial charge in [-0.1, -0.05) is 12.1 Å². The first kappa shape index (κ1) is 21.4. The molecular formula is C22H24N2O6. The average molecular weight is 412 g/mol. The molecule has 2 heterocycles. The summed E-state index contributed by atoms with van der Waals surface area (Å²) in [6.45, 7) is 4.92. The second-order valence-corrected chi connectivity index (χ2v) is 7.25. The second-order valence-electron chi connectivity index (χ2n) is 7.25. The first-order valence-corrected chi connectivity index (χ1v) is 9.76. The number of Topliss-reactive ketones (excluding diaryl/α,β-unsaturated/α-hetero) is 1. The molecule has 1 saturated heterocycles. The van der Waals surface area contributed by atoms with E-state index in [2.05, 4.69) is 4.57 Å². The molecule has 1 fully saturated rings. The Balaban J connectivity index is 1.58. The van der Waals surface area contributed by atoms with Crippen LogP contribution < -0.4 is 0 Å². The number of nitro benzene ring substituents is 1. The van der Waals surface area contributed by atoms with Crippen molar-refractivity contribution in [3.05, 3.63) is 69.0 Å². The summed E-state index contributed by atoms with van der Waals surface area (Å²) in [6, 6.07) is 7.67. The van der Waals surface area contributed by atoms with Crippen LogP contribution in [0.5, 0.6) is 0 Å². The fraction of sp³-hybridized carbons (Fsp3) is 0.364. The van der Waals surface area contributed by atoms with Crippen LogP contribution in [0, 0.1) is 24.0 Å². The molecule has 2 aromatic rings. The van der Waals surface area contributed by atoms with Gasteiger partial charge in [-0.2, -0.15) is 0 Å². The minimum absolute atomic E-state index is 0.0703. The number of carbonyl (C=O) groups excluding carboxylic acids is 2. The van der Waals surface area contributed by atoms with E-state index in [0.717, 1.165) is 36.9 Å². The number of ketones is 1. The average Bonchev–Trinajstić information content (AvgIpc) is 3.34.